The third-order valence-electron chi connectivity index (χ3n) is 4.96. The highest BCUT2D eigenvalue weighted by molar-refractivity contribution is 7.89. The van der Waals surface area contributed by atoms with Crippen LogP contribution in [0.4, 0.5) is 0 Å². The molecular formula is C16H24N2O2S. The number of hydrogen-bond donors (Lipinski definition) is 1. The summed E-state index contributed by atoms with van der Waals surface area (Å²) in [5, 5.41) is 5.16. The standard InChI is InChI=1S/C16H24N2O2S/c17-21(19,20)12-11-18-10-4-9-16(18)15-8-3-6-13-5-1-2-7-14(13)15/h1-2,5,7,15-16H,3-4,6,8-12H2,(H2,17,19,20). The Hall–Kier alpha value is -0.910. The maximum absolute atomic E-state index is 11.2. The van der Waals surface area contributed by atoms with E-state index in [0.29, 0.717) is 18.5 Å². The molecule has 0 aromatic heterocycles. The lowest BCUT2D eigenvalue weighted by molar-refractivity contribution is 0.223. The zero-order valence-corrected chi connectivity index (χ0v) is 13.2. The first-order valence-electron chi connectivity index (χ1n) is 7.87. The Labute approximate surface area is 127 Å². The summed E-state index contributed by atoms with van der Waals surface area (Å²) in [6.07, 6.45) is 5.96. The summed E-state index contributed by atoms with van der Waals surface area (Å²) >= 11 is 0. The molecule has 1 saturated heterocycles. The van der Waals surface area contributed by atoms with Gasteiger partial charge in [-0.1, -0.05) is 24.3 Å². The van der Waals surface area contributed by atoms with Crippen molar-refractivity contribution in [2.75, 3.05) is 18.8 Å². The average Bonchev–Trinajstić information content (AvgIpc) is 2.92. The number of primary sulfonamides is 1. The highest BCUT2D eigenvalue weighted by atomic mass is 32.2. The molecule has 2 N–H and O–H groups in total. The number of likely N-dealkylation sites (tertiary alicyclic amines) is 1. The van der Waals surface area contributed by atoms with Crippen LogP contribution in [0, 0.1) is 0 Å². The summed E-state index contributed by atoms with van der Waals surface area (Å²) < 4.78 is 22.4. The van der Waals surface area contributed by atoms with Crippen molar-refractivity contribution in [1.29, 1.82) is 0 Å². The molecule has 116 valence electrons. The third-order valence-corrected chi connectivity index (χ3v) is 5.71. The molecule has 1 fully saturated rings. The summed E-state index contributed by atoms with van der Waals surface area (Å²) in [6, 6.07) is 9.23. The van der Waals surface area contributed by atoms with E-state index in [1.165, 1.54) is 36.8 Å². The Morgan fingerprint density at radius 1 is 1.19 bits per heavy atom. The number of nitrogens with two attached hydrogens (primary N) is 1. The number of rotatable bonds is 4. The molecule has 2 unspecified atom stereocenters. The van der Waals surface area contributed by atoms with E-state index in [1.807, 2.05) is 0 Å². The number of fused-ring (bicyclic) bond motifs is 1. The average molecular weight is 308 g/mol. The van der Waals surface area contributed by atoms with Gasteiger partial charge in [-0.05, 0) is 55.7 Å². The summed E-state index contributed by atoms with van der Waals surface area (Å²) in [4.78, 5) is 2.34. The fourth-order valence-corrected chi connectivity index (χ4v) is 4.51. The summed E-state index contributed by atoms with van der Waals surface area (Å²) in [7, 11) is -3.37. The monoisotopic (exact) mass is 308 g/mol. The fourth-order valence-electron chi connectivity index (χ4n) is 4.02. The van der Waals surface area contributed by atoms with Gasteiger partial charge in [0.15, 0.2) is 0 Å². The van der Waals surface area contributed by atoms with E-state index in [4.69, 9.17) is 5.14 Å². The van der Waals surface area contributed by atoms with Crippen LogP contribution in [0.5, 0.6) is 0 Å². The zero-order chi connectivity index (χ0) is 14.9. The van der Waals surface area contributed by atoms with E-state index < -0.39 is 10.0 Å². The Bertz CT molecular complexity index is 600. The SMILES string of the molecule is NS(=O)(=O)CCN1CCCC1C1CCCc2ccccc21. The van der Waals surface area contributed by atoms with Gasteiger partial charge in [0.05, 0.1) is 5.75 Å². The van der Waals surface area contributed by atoms with Crippen LogP contribution in [0.2, 0.25) is 0 Å². The predicted octanol–water partition coefficient (Wildman–Crippen LogP) is 1.86. The van der Waals surface area contributed by atoms with Crippen molar-refractivity contribution in [3.8, 4) is 0 Å². The van der Waals surface area contributed by atoms with Crippen LogP contribution in [0.3, 0.4) is 0 Å². The Kier molecular flexibility index (Phi) is 4.33. The Morgan fingerprint density at radius 2 is 2.00 bits per heavy atom. The first kappa shape index (κ1) is 15.0. The maximum atomic E-state index is 11.2. The van der Waals surface area contributed by atoms with Crippen molar-refractivity contribution in [2.45, 2.75) is 44.1 Å². The van der Waals surface area contributed by atoms with Crippen molar-refractivity contribution in [3.63, 3.8) is 0 Å². The zero-order valence-electron chi connectivity index (χ0n) is 12.4. The lowest BCUT2D eigenvalue weighted by Gasteiger charge is -2.35. The summed E-state index contributed by atoms with van der Waals surface area (Å²) in [5.74, 6) is 0.621. The van der Waals surface area contributed by atoms with Crippen molar-refractivity contribution >= 4 is 10.0 Å². The van der Waals surface area contributed by atoms with Crippen LogP contribution in [-0.4, -0.2) is 38.2 Å². The summed E-state index contributed by atoms with van der Waals surface area (Å²) in [5.41, 5.74) is 2.96. The minimum Gasteiger partial charge on any atom is -0.299 e. The number of hydrogen-bond acceptors (Lipinski definition) is 3. The fraction of sp³-hybridized carbons (Fsp3) is 0.625. The molecule has 4 nitrogen and oxygen atoms in total. The lowest BCUT2D eigenvalue weighted by atomic mass is 9.78. The van der Waals surface area contributed by atoms with Gasteiger partial charge in [0, 0.05) is 12.6 Å². The van der Waals surface area contributed by atoms with Gasteiger partial charge < -0.3 is 0 Å². The molecule has 1 aromatic carbocycles. The number of sulfonamides is 1. The molecule has 5 heteroatoms. The third kappa shape index (κ3) is 3.47. The quantitative estimate of drug-likeness (QED) is 0.923. The number of aryl methyl sites for hydroxylation is 1. The van der Waals surface area contributed by atoms with Gasteiger partial charge in [0.25, 0.3) is 0 Å². The predicted molar refractivity (Wildman–Crippen MR) is 84.7 cm³/mol. The molecule has 1 aromatic rings. The van der Waals surface area contributed by atoms with Gasteiger partial charge in [-0.2, -0.15) is 0 Å². The van der Waals surface area contributed by atoms with Crippen LogP contribution in [-0.2, 0) is 16.4 Å². The largest absolute Gasteiger partial charge is 0.299 e. The molecule has 0 spiro atoms. The molecular weight excluding hydrogens is 284 g/mol. The second-order valence-corrected chi connectivity index (χ2v) is 8.04. The molecule has 2 atom stereocenters. The van der Waals surface area contributed by atoms with Gasteiger partial charge in [0.1, 0.15) is 0 Å². The van der Waals surface area contributed by atoms with Gasteiger partial charge >= 0.3 is 0 Å². The van der Waals surface area contributed by atoms with Gasteiger partial charge in [-0.15, -0.1) is 0 Å². The topological polar surface area (TPSA) is 63.4 Å². The van der Waals surface area contributed by atoms with Gasteiger partial charge in [-0.3, -0.25) is 4.90 Å². The molecule has 1 aliphatic carbocycles. The van der Waals surface area contributed by atoms with Crippen molar-refractivity contribution in [3.05, 3.63) is 35.4 Å². The minimum atomic E-state index is -3.37. The number of benzene rings is 1. The molecule has 0 saturated carbocycles. The maximum Gasteiger partial charge on any atom is 0.210 e. The highest BCUT2D eigenvalue weighted by Crippen LogP contribution is 2.39. The van der Waals surface area contributed by atoms with Crippen LogP contribution in [0.1, 0.15) is 42.7 Å². The van der Waals surface area contributed by atoms with Gasteiger partial charge in [-0.25, -0.2) is 13.6 Å². The van der Waals surface area contributed by atoms with Crippen LogP contribution >= 0.6 is 0 Å². The van der Waals surface area contributed by atoms with Gasteiger partial charge in [0.2, 0.25) is 10.0 Å². The normalized spacial score (nSPS) is 26.7. The molecule has 3 rings (SSSR count). The van der Waals surface area contributed by atoms with E-state index >= 15 is 0 Å². The van der Waals surface area contributed by atoms with Crippen molar-refractivity contribution < 1.29 is 8.42 Å². The highest BCUT2D eigenvalue weighted by Gasteiger charge is 2.34. The first-order chi connectivity index (χ1) is 10.0. The second-order valence-electron chi connectivity index (χ2n) is 6.31. The second kappa shape index (κ2) is 6.07. The van der Waals surface area contributed by atoms with Crippen LogP contribution < -0.4 is 5.14 Å². The van der Waals surface area contributed by atoms with E-state index in [-0.39, 0.29) is 5.75 Å². The smallest absolute Gasteiger partial charge is 0.210 e. The lowest BCUT2D eigenvalue weighted by Crippen LogP contribution is -2.39. The summed E-state index contributed by atoms with van der Waals surface area (Å²) in [6.45, 7) is 1.57. The molecule has 0 bridgehead atoms. The minimum absolute atomic E-state index is 0.0673. The molecule has 0 radical (unpaired) electrons. The van der Waals surface area contributed by atoms with Crippen molar-refractivity contribution in [2.24, 2.45) is 5.14 Å². The van der Waals surface area contributed by atoms with E-state index in [2.05, 4.69) is 29.2 Å². The van der Waals surface area contributed by atoms with E-state index in [9.17, 15) is 8.42 Å². The molecule has 1 aliphatic heterocycles. The Morgan fingerprint density at radius 3 is 2.81 bits per heavy atom. The first-order valence-corrected chi connectivity index (χ1v) is 9.58. The molecule has 1 heterocycles. The van der Waals surface area contributed by atoms with Crippen molar-refractivity contribution in [1.82, 2.24) is 4.90 Å². The van der Waals surface area contributed by atoms with E-state index in [1.54, 1.807) is 0 Å². The number of nitrogens with zero attached hydrogens (tertiary/aromatic N) is 1. The molecule has 21 heavy (non-hydrogen) atoms. The van der Waals surface area contributed by atoms with Crippen LogP contribution in [0.15, 0.2) is 24.3 Å². The van der Waals surface area contributed by atoms with Crippen LogP contribution in [0.25, 0.3) is 0 Å². The molecule has 2 aliphatic rings. The van der Waals surface area contributed by atoms with E-state index in [0.717, 1.165) is 13.0 Å². The Balaban J connectivity index is 1.77. The molecule has 0 amide bonds.